The van der Waals surface area contributed by atoms with Crippen LogP contribution >= 0.6 is 0 Å². The van der Waals surface area contributed by atoms with Crippen molar-refractivity contribution < 1.29 is 13.5 Å². The van der Waals surface area contributed by atoms with Gasteiger partial charge in [-0.15, -0.1) is 0 Å². The smallest absolute Gasteiger partial charge is 0.155 e. The number of rotatable bonds is 3. The fourth-order valence-electron chi connectivity index (χ4n) is 2.15. The average Bonchev–Trinajstić information content (AvgIpc) is 2.23. The van der Waals surface area contributed by atoms with Crippen LogP contribution in [0.15, 0.2) is 0 Å². The van der Waals surface area contributed by atoms with Crippen molar-refractivity contribution in [2.75, 3.05) is 12.3 Å². The molecule has 14 heavy (non-hydrogen) atoms. The Balaban J connectivity index is 2.85. The van der Waals surface area contributed by atoms with Gasteiger partial charge in [-0.3, -0.25) is 0 Å². The van der Waals surface area contributed by atoms with E-state index in [1.165, 1.54) is 0 Å². The molecule has 0 bridgehead atoms. The second-order valence-corrected chi connectivity index (χ2v) is 7.15. The Labute approximate surface area is 85.4 Å². The Morgan fingerprint density at radius 2 is 2.14 bits per heavy atom. The van der Waals surface area contributed by atoms with Crippen molar-refractivity contribution in [3.05, 3.63) is 0 Å². The van der Waals surface area contributed by atoms with Crippen LogP contribution in [0.5, 0.6) is 0 Å². The van der Waals surface area contributed by atoms with Gasteiger partial charge in [0.2, 0.25) is 0 Å². The summed E-state index contributed by atoms with van der Waals surface area (Å²) in [7, 11) is -3.04. The van der Waals surface area contributed by atoms with Crippen LogP contribution in [0.2, 0.25) is 0 Å². The first kappa shape index (κ1) is 11.9. The molecule has 5 heteroatoms. The molecule has 4 nitrogen and oxygen atoms in total. The average molecular weight is 221 g/mol. The number of hydrogen-bond acceptors (Lipinski definition) is 4. The molecule has 3 N–H and O–H groups in total. The summed E-state index contributed by atoms with van der Waals surface area (Å²) < 4.78 is 22.5. The minimum atomic E-state index is -3.04. The minimum Gasteiger partial charge on any atom is -0.393 e. The molecule has 0 radical (unpaired) electrons. The van der Waals surface area contributed by atoms with E-state index < -0.39 is 20.7 Å². The lowest BCUT2D eigenvalue weighted by Crippen LogP contribution is -2.40. The lowest BCUT2D eigenvalue weighted by molar-refractivity contribution is 0.0868. The fraction of sp³-hybridized carbons (Fsp3) is 1.00. The molecule has 1 unspecified atom stereocenters. The van der Waals surface area contributed by atoms with Crippen LogP contribution in [0.1, 0.15) is 26.7 Å². The van der Waals surface area contributed by atoms with Crippen molar-refractivity contribution in [2.24, 2.45) is 11.7 Å². The van der Waals surface area contributed by atoms with Gasteiger partial charge in [-0.25, -0.2) is 8.42 Å². The monoisotopic (exact) mass is 221 g/mol. The summed E-state index contributed by atoms with van der Waals surface area (Å²) in [6.07, 6.45) is 0.437. The van der Waals surface area contributed by atoms with E-state index in [2.05, 4.69) is 0 Å². The minimum absolute atomic E-state index is 0.170. The third-order valence-corrected chi connectivity index (χ3v) is 6.00. The Kier molecular flexibility index (Phi) is 3.23. The van der Waals surface area contributed by atoms with Gasteiger partial charge in [0.05, 0.1) is 16.6 Å². The van der Waals surface area contributed by atoms with E-state index in [0.717, 1.165) is 0 Å². The molecule has 1 aliphatic heterocycles. The van der Waals surface area contributed by atoms with Crippen molar-refractivity contribution in [1.29, 1.82) is 0 Å². The molecule has 0 aromatic heterocycles. The van der Waals surface area contributed by atoms with Crippen LogP contribution in [0.25, 0.3) is 0 Å². The molecule has 2 atom stereocenters. The first-order chi connectivity index (χ1) is 6.33. The number of sulfone groups is 1. The zero-order chi connectivity index (χ0) is 11.0. The molecular weight excluding hydrogens is 202 g/mol. The summed E-state index contributed by atoms with van der Waals surface area (Å²) in [6.45, 7) is 3.78. The molecule has 1 heterocycles. The number of aliphatic hydroxyl groups is 1. The van der Waals surface area contributed by atoms with Gasteiger partial charge >= 0.3 is 0 Å². The predicted molar refractivity (Wildman–Crippen MR) is 55.7 cm³/mol. The molecule has 84 valence electrons. The van der Waals surface area contributed by atoms with Crippen LogP contribution in [-0.4, -0.2) is 36.7 Å². The SMILES string of the molecule is CC1(C)C([C@H](O)CCN)CCS1(=O)=O. The van der Waals surface area contributed by atoms with Crippen molar-refractivity contribution >= 4 is 9.84 Å². The summed E-state index contributed by atoms with van der Waals surface area (Å²) >= 11 is 0. The molecule has 0 aromatic rings. The van der Waals surface area contributed by atoms with Gasteiger partial charge in [-0.1, -0.05) is 0 Å². The van der Waals surface area contributed by atoms with E-state index in [1.807, 2.05) is 0 Å². The van der Waals surface area contributed by atoms with E-state index in [1.54, 1.807) is 13.8 Å². The van der Waals surface area contributed by atoms with Gasteiger partial charge in [0.15, 0.2) is 9.84 Å². The maximum absolute atomic E-state index is 11.7. The Hall–Kier alpha value is -0.130. The maximum Gasteiger partial charge on any atom is 0.155 e. The summed E-state index contributed by atoms with van der Waals surface area (Å²) in [5.74, 6) is 0.0165. The second-order valence-electron chi connectivity index (χ2n) is 4.46. The van der Waals surface area contributed by atoms with Gasteiger partial charge < -0.3 is 10.8 Å². The number of nitrogens with two attached hydrogens (primary N) is 1. The molecule has 1 aliphatic rings. The van der Waals surface area contributed by atoms with Gasteiger partial charge in [0, 0.05) is 5.92 Å². The van der Waals surface area contributed by atoms with Gasteiger partial charge in [0.25, 0.3) is 0 Å². The predicted octanol–water partition coefficient (Wildman–Crippen LogP) is -0.0906. The Morgan fingerprint density at radius 3 is 2.50 bits per heavy atom. The lowest BCUT2D eigenvalue weighted by atomic mass is 9.86. The summed E-state index contributed by atoms with van der Waals surface area (Å²) in [5.41, 5.74) is 5.34. The molecular formula is C9H19NO3S. The van der Waals surface area contributed by atoms with Crippen molar-refractivity contribution in [3.63, 3.8) is 0 Å². The van der Waals surface area contributed by atoms with Crippen molar-refractivity contribution in [3.8, 4) is 0 Å². The van der Waals surface area contributed by atoms with E-state index in [0.29, 0.717) is 19.4 Å². The van der Waals surface area contributed by atoms with Gasteiger partial charge in [-0.05, 0) is 33.2 Å². The molecule has 0 aromatic carbocycles. The number of aliphatic hydroxyl groups excluding tert-OH is 1. The van der Waals surface area contributed by atoms with Crippen LogP contribution in [0.3, 0.4) is 0 Å². The summed E-state index contributed by atoms with van der Waals surface area (Å²) in [6, 6.07) is 0. The van der Waals surface area contributed by atoms with E-state index in [4.69, 9.17) is 5.73 Å². The Bertz CT molecular complexity index is 297. The quantitative estimate of drug-likeness (QED) is 0.698. The van der Waals surface area contributed by atoms with Crippen LogP contribution in [-0.2, 0) is 9.84 Å². The standard InChI is InChI=1S/C9H19NO3S/c1-9(2)7(8(11)3-5-10)4-6-14(9,12)13/h7-8,11H,3-6,10H2,1-2H3/t7?,8-/m1/s1. The van der Waals surface area contributed by atoms with Crippen LogP contribution < -0.4 is 5.73 Å². The van der Waals surface area contributed by atoms with E-state index >= 15 is 0 Å². The molecule has 0 saturated carbocycles. The highest BCUT2D eigenvalue weighted by Gasteiger charge is 2.49. The highest BCUT2D eigenvalue weighted by Crippen LogP contribution is 2.39. The normalized spacial score (nSPS) is 31.6. The van der Waals surface area contributed by atoms with Gasteiger partial charge in [-0.2, -0.15) is 0 Å². The largest absolute Gasteiger partial charge is 0.393 e. The van der Waals surface area contributed by atoms with Crippen molar-refractivity contribution in [2.45, 2.75) is 37.5 Å². The first-order valence-electron chi connectivity index (χ1n) is 4.93. The highest BCUT2D eigenvalue weighted by atomic mass is 32.2. The molecule has 1 saturated heterocycles. The maximum atomic E-state index is 11.7. The summed E-state index contributed by atoms with van der Waals surface area (Å²) in [5, 5.41) is 9.77. The Morgan fingerprint density at radius 1 is 1.57 bits per heavy atom. The third kappa shape index (κ3) is 1.81. The zero-order valence-electron chi connectivity index (χ0n) is 8.73. The van der Waals surface area contributed by atoms with Crippen LogP contribution in [0, 0.1) is 5.92 Å². The summed E-state index contributed by atoms with van der Waals surface area (Å²) in [4.78, 5) is 0. The number of hydrogen-bond donors (Lipinski definition) is 2. The van der Waals surface area contributed by atoms with Crippen molar-refractivity contribution in [1.82, 2.24) is 0 Å². The molecule has 0 amide bonds. The topological polar surface area (TPSA) is 80.4 Å². The van der Waals surface area contributed by atoms with Gasteiger partial charge in [0.1, 0.15) is 0 Å². The molecule has 0 spiro atoms. The third-order valence-electron chi connectivity index (χ3n) is 3.32. The van der Waals surface area contributed by atoms with E-state index in [9.17, 15) is 13.5 Å². The highest BCUT2D eigenvalue weighted by molar-refractivity contribution is 7.93. The van der Waals surface area contributed by atoms with E-state index in [-0.39, 0.29) is 11.7 Å². The fourth-order valence-corrected chi connectivity index (χ4v) is 3.98. The molecule has 1 fully saturated rings. The zero-order valence-corrected chi connectivity index (χ0v) is 9.55. The second kappa shape index (κ2) is 3.79. The molecule has 0 aliphatic carbocycles. The van der Waals surface area contributed by atoms with Crippen LogP contribution in [0.4, 0.5) is 0 Å². The first-order valence-corrected chi connectivity index (χ1v) is 6.58. The lowest BCUT2D eigenvalue weighted by Gasteiger charge is -2.29. The molecule has 1 rings (SSSR count).